The molecule has 34 heavy (non-hydrogen) atoms. The number of halogens is 3. The summed E-state index contributed by atoms with van der Waals surface area (Å²) < 4.78 is 48.3. The Balaban J connectivity index is 1.82. The molecule has 170 valence electrons. The molecule has 0 unspecified atom stereocenters. The van der Waals surface area contributed by atoms with Crippen molar-refractivity contribution < 1.29 is 17.9 Å². The lowest BCUT2D eigenvalue weighted by Gasteiger charge is -2.18. The van der Waals surface area contributed by atoms with Gasteiger partial charge in [0.1, 0.15) is 12.4 Å². The van der Waals surface area contributed by atoms with E-state index in [2.05, 4.69) is 4.85 Å². The molecule has 0 N–H and O–H groups in total. The molecule has 3 aromatic carbocycles. The van der Waals surface area contributed by atoms with E-state index in [-0.39, 0.29) is 18.8 Å². The predicted octanol–water partition coefficient (Wildman–Crippen LogP) is 6.71. The third kappa shape index (κ3) is 5.02. The van der Waals surface area contributed by atoms with Gasteiger partial charge < -0.3 is 9.30 Å². The van der Waals surface area contributed by atoms with Crippen molar-refractivity contribution in [3.63, 3.8) is 0 Å². The first-order valence-corrected chi connectivity index (χ1v) is 10.4. The third-order valence-electron chi connectivity index (χ3n) is 5.25. The lowest BCUT2D eigenvalue weighted by atomic mass is 10.1. The zero-order valence-electron chi connectivity index (χ0n) is 17.9. The Morgan fingerprint density at radius 3 is 2.12 bits per heavy atom. The van der Waals surface area contributed by atoms with E-state index >= 15 is 0 Å². The van der Waals surface area contributed by atoms with Crippen LogP contribution in [0, 0.1) is 6.57 Å². The molecule has 0 aliphatic rings. The van der Waals surface area contributed by atoms with Crippen LogP contribution < -0.4 is 10.3 Å². The first-order chi connectivity index (χ1) is 16.4. The van der Waals surface area contributed by atoms with E-state index in [1.165, 1.54) is 4.57 Å². The second-order valence-electron chi connectivity index (χ2n) is 7.58. The molecule has 1 aromatic heterocycles. The van der Waals surface area contributed by atoms with Crippen molar-refractivity contribution in [2.45, 2.75) is 19.3 Å². The number of aromatic nitrogens is 1. The maximum atomic E-state index is 13.7. The summed E-state index contributed by atoms with van der Waals surface area (Å²) in [7, 11) is 0. The molecule has 0 radical (unpaired) electrons. The Hall–Kier alpha value is -4.31. The number of hydrogen-bond acceptors (Lipinski definition) is 2. The van der Waals surface area contributed by atoms with E-state index in [9.17, 15) is 18.0 Å². The Kier molecular flexibility index (Phi) is 6.51. The first-order valence-electron chi connectivity index (χ1n) is 10.4. The first kappa shape index (κ1) is 22.9. The van der Waals surface area contributed by atoms with Gasteiger partial charge in [0, 0.05) is 17.8 Å². The van der Waals surface area contributed by atoms with Crippen molar-refractivity contribution in [2.24, 2.45) is 0 Å². The second-order valence-corrected chi connectivity index (χ2v) is 7.58. The van der Waals surface area contributed by atoms with Gasteiger partial charge in [-0.05, 0) is 29.3 Å². The fourth-order valence-electron chi connectivity index (χ4n) is 3.61. The molecule has 0 aliphatic heterocycles. The quantitative estimate of drug-likeness (QED) is 0.300. The number of ether oxygens (including phenoxy) is 1. The van der Waals surface area contributed by atoms with Gasteiger partial charge in [-0.2, -0.15) is 13.2 Å². The summed E-state index contributed by atoms with van der Waals surface area (Å²) in [5, 5.41) is 0. The molecule has 7 heteroatoms. The van der Waals surface area contributed by atoms with Gasteiger partial charge >= 0.3 is 6.18 Å². The van der Waals surface area contributed by atoms with Crippen LogP contribution in [-0.2, 0) is 19.3 Å². The van der Waals surface area contributed by atoms with Crippen molar-refractivity contribution in [1.29, 1.82) is 0 Å². The van der Waals surface area contributed by atoms with E-state index in [1.807, 2.05) is 30.3 Å². The second kappa shape index (κ2) is 9.67. The normalized spacial score (nSPS) is 11.1. The zero-order valence-corrected chi connectivity index (χ0v) is 17.9. The molecular weight excluding hydrogens is 441 g/mol. The Morgan fingerprint density at radius 2 is 1.50 bits per heavy atom. The molecule has 0 spiro atoms. The average Bonchev–Trinajstić information content (AvgIpc) is 2.84. The summed E-state index contributed by atoms with van der Waals surface area (Å²) in [4.78, 5) is 16.0. The molecule has 0 fully saturated rings. The monoisotopic (exact) mass is 460 g/mol. The van der Waals surface area contributed by atoms with E-state index in [0.29, 0.717) is 11.3 Å². The van der Waals surface area contributed by atoms with Crippen molar-refractivity contribution in [3.05, 3.63) is 129 Å². The van der Waals surface area contributed by atoms with Crippen LogP contribution in [-0.4, -0.2) is 4.57 Å². The highest BCUT2D eigenvalue weighted by Crippen LogP contribution is 2.37. The van der Waals surface area contributed by atoms with Crippen LogP contribution in [0.3, 0.4) is 0 Å². The zero-order chi connectivity index (χ0) is 24.1. The molecule has 0 aliphatic carbocycles. The summed E-state index contributed by atoms with van der Waals surface area (Å²) >= 11 is 0. The third-order valence-corrected chi connectivity index (χ3v) is 5.25. The number of benzene rings is 3. The summed E-state index contributed by atoms with van der Waals surface area (Å²) in [6.07, 6.45) is -4.85. The standard InChI is InChI=1S/C27H19F3N2O2/c1-31-25-23(27(28,29)30)16-24(32(26(25)33)17-19-9-4-2-5-10-19)21-13-8-14-22(15-21)34-18-20-11-6-3-7-12-20/h2-16H,17-18H2. The number of nitrogens with zero attached hydrogens (tertiary/aromatic N) is 2. The molecule has 0 amide bonds. The largest absolute Gasteiger partial charge is 0.489 e. The van der Waals surface area contributed by atoms with Gasteiger partial charge in [-0.1, -0.05) is 72.8 Å². The van der Waals surface area contributed by atoms with Gasteiger partial charge in [0.2, 0.25) is 0 Å². The van der Waals surface area contributed by atoms with Crippen molar-refractivity contribution in [2.75, 3.05) is 0 Å². The number of pyridine rings is 1. The Labute approximate surface area is 194 Å². The molecule has 4 aromatic rings. The Bertz CT molecular complexity index is 1390. The van der Waals surface area contributed by atoms with E-state index < -0.39 is 23.0 Å². The van der Waals surface area contributed by atoms with Crippen LogP contribution >= 0.6 is 0 Å². The molecule has 1 heterocycles. The number of rotatable bonds is 6. The van der Waals surface area contributed by atoms with Crippen LogP contribution in [0.15, 0.2) is 95.8 Å². The SMILES string of the molecule is [C-]#[N+]c1c(C(F)(F)F)cc(-c2cccc(OCc3ccccc3)c2)n(Cc2ccccc2)c1=O. The van der Waals surface area contributed by atoms with Crippen LogP contribution in [0.5, 0.6) is 5.75 Å². The van der Waals surface area contributed by atoms with Crippen molar-refractivity contribution in [3.8, 4) is 17.0 Å². The van der Waals surface area contributed by atoms with Gasteiger partial charge in [0.25, 0.3) is 11.2 Å². The lowest BCUT2D eigenvalue weighted by Crippen LogP contribution is -2.25. The lowest BCUT2D eigenvalue weighted by molar-refractivity contribution is -0.136. The number of hydrogen-bond donors (Lipinski definition) is 0. The molecule has 0 atom stereocenters. The van der Waals surface area contributed by atoms with Gasteiger partial charge in [-0.25, -0.2) is 4.85 Å². The molecule has 4 nitrogen and oxygen atoms in total. The minimum atomic E-state index is -4.85. The predicted molar refractivity (Wildman–Crippen MR) is 124 cm³/mol. The van der Waals surface area contributed by atoms with E-state index in [0.717, 1.165) is 17.2 Å². The molecule has 0 saturated carbocycles. The van der Waals surface area contributed by atoms with Crippen LogP contribution in [0.2, 0.25) is 0 Å². The molecule has 4 rings (SSSR count). The Morgan fingerprint density at radius 1 is 0.853 bits per heavy atom. The maximum Gasteiger partial charge on any atom is 0.407 e. The van der Waals surface area contributed by atoms with Crippen molar-refractivity contribution >= 4 is 5.69 Å². The van der Waals surface area contributed by atoms with Gasteiger partial charge in [0.15, 0.2) is 0 Å². The van der Waals surface area contributed by atoms with Gasteiger partial charge in [-0.15, -0.1) is 0 Å². The number of alkyl halides is 3. The smallest absolute Gasteiger partial charge is 0.407 e. The maximum absolute atomic E-state index is 13.7. The minimum absolute atomic E-state index is 0.0186. The van der Waals surface area contributed by atoms with E-state index in [1.54, 1.807) is 54.6 Å². The van der Waals surface area contributed by atoms with Crippen LogP contribution in [0.4, 0.5) is 18.9 Å². The summed E-state index contributed by atoms with van der Waals surface area (Å²) in [5.74, 6) is 0.447. The fourth-order valence-corrected chi connectivity index (χ4v) is 3.61. The highest BCUT2D eigenvalue weighted by molar-refractivity contribution is 5.67. The summed E-state index contributed by atoms with van der Waals surface area (Å²) in [6.45, 7) is 7.52. The van der Waals surface area contributed by atoms with Gasteiger partial charge in [0.05, 0.1) is 12.1 Å². The van der Waals surface area contributed by atoms with Crippen LogP contribution in [0.25, 0.3) is 16.1 Å². The molecular formula is C27H19F3N2O2. The average molecular weight is 460 g/mol. The molecule has 0 bridgehead atoms. The molecule has 0 saturated heterocycles. The highest BCUT2D eigenvalue weighted by atomic mass is 19.4. The summed E-state index contributed by atoms with van der Waals surface area (Å²) in [6, 6.07) is 25.8. The van der Waals surface area contributed by atoms with Crippen LogP contribution in [0.1, 0.15) is 16.7 Å². The highest BCUT2D eigenvalue weighted by Gasteiger charge is 2.36. The minimum Gasteiger partial charge on any atom is -0.489 e. The summed E-state index contributed by atoms with van der Waals surface area (Å²) in [5.41, 5.74) is -1.09. The topological polar surface area (TPSA) is 35.6 Å². The van der Waals surface area contributed by atoms with E-state index in [4.69, 9.17) is 11.3 Å². The van der Waals surface area contributed by atoms with Crippen molar-refractivity contribution in [1.82, 2.24) is 4.57 Å². The fraction of sp³-hybridized carbons (Fsp3) is 0.111. The van der Waals surface area contributed by atoms with Gasteiger partial charge in [-0.3, -0.25) is 4.79 Å².